The van der Waals surface area contributed by atoms with Crippen LogP contribution in [0, 0.1) is 5.41 Å². The van der Waals surface area contributed by atoms with Gasteiger partial charge >= 0.3 is 11.9 Å². The predicted octanol–water partition coefficient (Wildman–Crippen LogP) is 1.19. The zero-order valence-corrected chi connectivity index (χ0v) is 6.71. The maximum absolute atomic E-state index is 11.0. The van der Waals surface area contributed by atoms with Gasteiger partial charge in [0, 0.05) is 5.41 Å². The molecule has 0 radical (unpaired) electrons. The van der Waals surface area contributed by atoms with Crippen LogP contribution in [0.2, 0.25) is 0 Å². The summed E-state index contributed by atoms with van der Waals surface area (Å²) in [6, 6.07) is 0. The summed E-state index contributed by atoms with van der Waals surface area (Å²) in [5, 5.41) is 0. The van der Waals surface area contributed by atoms with Crippen LogP contribution in [0.15, 0.2) is 12.2 Å². The molecule has 0 amide bonds. The fourth-order valence-electron chi connectivity index (χ4n) is 1.92. The Hall–Kier alpha value is -1.12. The van der Waals surface area contributed by atoms with Crippen molar-refractivity contribution in [2.24, 2.45) is 5.41 Å². The van der Waals surface area contributed by atoms with Crippen molar-refractivity contribution < 1.29 is 14.3 Å². The summed E-state index contributed by atoms with van der Waals surface area (Å²) in [6.07, 6.45) is 6.65. The molecule has 1 spiro atoms. The highest BCUT2D eigenvalue weighted by Gasteiger charge is 2.40. The van der Waals surface area contributed by atoms with Crippen LogP contribution in [-0.2, 0) is 14.3 Å². The quantitative estimate of drug-likeness (QED) is 0.308. The number of hydrogen-bond acceptors (Lipinski definition) is 3. The average Bonchev–Trinajstić information content (AvgIpc) is 2.33. The molecule has 0 unspecified atom stereocenters. The average molecular weight is 166 g/mol. The first-order valence-electron chi connectivity index (χ1n) is 4.11. The minimum atomic E-state index is -0.377. The fraction of sp³-hybridized carbons (Fsp3) is 0.556. The van der Waals surface area contributed by atoms with Crippen molar-refractivity contribution in [1.29, 1.82) is 0 Å². The minimum absolute atomic E-state index is 0.188. The summed E-state index contributed by atoms with van der Waals surface area (Å²) < 4.78 is 4.46. The smallest absolute Gasteiger partial charge is 0.314 e. The second-order valence-electron chi connectivity index (χ2n) is 3.50. The number of hydrogen-bond donors (Lipinski definition) is 0. The van der Waals surface area contributed by atoms with Gasteiger partial charge in [-0.3, -0.25) is 9.59 Å². The Morgan fingerprint density at radius 1 is 1.25 bits per heavy atom. The van der Waals surface area contributed by atoms with Crippen molar-refractivity contribution in [2.75, 3.05) is 0 Å². The molecular formula is C9H10O3. The Morgan fingerprint density at radius 3 is 2.42 bits per heavy atom. The van der Waals surface area contributed by atoms with Gasteiger partial charge in [0.25, 0.3) is 0 Å². The van der Waals surface area contributed by atoms with Crippen molar-refractivity contribution in [2.45, 2.75) is 25.7 Å². The van der Waals surface area contributed by atoms with Gasteiger partial charge in [-0.15, -0.1) is 0 Å². The van der Waals surface area contributed by atoms with E-state index in [4.69, 9.17) is 0 Å². The molecule has 2 rings (SSSR count). The summed E-state index contributed by atoms with van der Waals surface area (Å²) in [6.45, 7) is 0. The number of esters is 2. The Kier molecular flexibility index (Phi) is 1.53. The highest BCUT2D eigenvalue weighted by Crippen LogP contribution is 2.41. The van der Waals surface area contributed by atoms with Crippen LogP contribution >= 0.6 is 0 Å². The van der Waals surface area contributed by atoms with E-state index in [1.807, 2.05) is 12.2 Å². The molecule has 1 fully saturated rings. The second-order valence-corrected chi connectivity index (χ2v) is 3.50. The highest BCUT2D eigenvalue weighted by atomic mass is 16.6. The molecule has 1 aliphatic heterocycles. The summed E-state index contributed by atoms with van der Waals surface area (Å²) in [5.74, 6) is -0.754. The van der Waals surface area contributed by atoms with Crippen LogP contribution in [0.1, 0.15) is 25.7 Å². The van der Waals surface area contributed by atoms with Gasteiger partial charge in [-0.05, 0) is 12.8 Å². The lowest BCUT2D eigenvalue weighted by Gasteiger charge is -2.28. The topological polar surface area (TPSA) is 43.4 Å². The third kappa shape index (κ3) is 1.15. The number of cyclic esters (lactones) is 2. The van der Waals surface area contributed by atoms with E-state index in [2.05, 4.69) is 4.74 Å². The molecule has 0 aromatic carbocycles. The van der Waals surface area contributed by atoms with E-state index in [0.717, 1.165) is 12.8 Å². The van der Waals surface area contributed by atoms with Crippen LogP contribution in [0.4, 0.5) is 0 Å². The summed E-state index contributed by atoms with van der Waals surface area (Å²) in [5.41, 5.74) is -0.188. The third-order valence-electron chi connectivity index (χ3n) is 2.50. The summed E-state index contributed by atoms with van der Waals surface area (Å²) >= 11 is 0. The Morgan fingerprint density at radius 2 is 1.92 bits per heavy atom. The molecule has 1 aliphatic carbocycles. The van der Waals surface area contributed by atoms with Gasteiger partial charge in [0.05, 0.1) is 12.8 Å². The van der Waals surface area contributed by atoms with Gasteiger partial charge in [-0.25, -0.2) is 0 Å². The van der Waals surface area contributed by atoms with E-state index in [9.17, 15) is 9.59 Å². The Bertz CT molecular complexity index is 249. The molecule has 1 saturated heterocycles. The molecule has 1 heterocycles. The van der Waals surface area contributed by atoms with Crippen molar-refractivity contribution >= 4 is 11.9 Å². The lowest BCUT2D eigenvalue weighted by molar-refractivity contribution is -0.167. The second kappa shape index (κ2) is 2.44. The van der Waals surface area contributed by atoms with Gasteiger partial charge in [0.2, 0.25) is 0 Å². The van der Waals surface area contributed by atoms with Crippen molar-refractivity contribution in [3.05, 3.63) is 12.2 Å². The lowest BCUT2D eigenvalue weighted by atomic mass is 9.79. The van der Waals surface area contributed by atoms with Gasteiger partial charge in [-0.2, -0.15) is 0 Å². The molecule has 2 aliphatic rings. The van der Waals surface area contributed by atoms with Gasteiger partial charge in [0.1, 0.15) is 0 Å². The summed E-state index contributed by atoms with van der Waals surface area (Å²) in [7, 11) is 0. The molecule has 0 atom stereocenters. The predicted molar refractivity (Wildman–Crippen MR) is 41.1 cm³/mol. The first-order valence-corrected chi connectivity index (χ1v) is 4.11. The van der Waals surface area contributed by atoms with E-state index in [0.29, 0.717) is 12.8 Å². The number of ether oxygens (including phenoxy) is 1. The van der Waals surface area contributed by atoms with Crippen LogP contribution in [0.3, 0.4) is 0 Å². The molecule has 64 valence electrons. The first kappa shape index (κ1) is 7.53. The van der Waals surface area contributed by atoms with Crippen LogP contribution in [0.25, 0.3) is 0 Å². The van der Waals surface area contributed by atoms with Crippen LogP contribution in [-0.4, -0.2) is 11.9 Å². The zero-order chi connectivity index (χ0) is 8.60. The van der Waals surface area contributed by atoms with Crippen molar-refractivity contribution in [1.82, 2.24) is 0 Å². The molecule has 3 heteroatoms. The molecule has 0 N–H and O–H groups in total. The minimum Gasteiger partial charge on any atom is -0.393 e. The van der Waals surface area contributed by atoms with E-state index >= 15 is 0 Å². The van der Waals surface area contributed by atoms with Crippen LogP contribution < -0.4 is 0 Å². The summed E-state index contributed by atoms with van der Waals surface area (Å²) in [4.78, 5) is 21.9. The van der Waals surface area contributed by atoms with Gasteiger partial charge in [-0.1, -0.05) is 12.2 Å². The molecular weight excluding hydrogens is 156 g/mol. The molecule has 0 aromatic rings. The molecule has 0 bridgehead atoms. The number of carbonyl (C=O) groups excluding carboxylic acids is 2. The van der Waals surface area contributed by atoms with Gasteiger partial charge in [0.15, 0.2) is 0 Å². The molecule has 0 aromatic heterocycles. The van der Waals surface area contributed by atoms with E-state index in [1.165, 1.54) is 0 Å². The van der Waals surface area contributed by atoms with Crippen molar-refractivity contribution in [3.63, 3.8) is 0 Å². The Labute approximate surface area is 70.4 Å². The maximum atomic E-state index is 11.0. The largest absolute Gasteiger partial charge is 0.393 e. The van der Waals surface area contributed by atoms with E-state index < -0.39 is 0 Å². The first-order chi connectivity index (χ1) is 5.70. The van der Waals surface area contributed by atoms with Crippen molar-refractivity contribution in [3.8, 4) is 0 Å². The third-order valence-corrected chi connectivity index (χ3v) is 2.50. The number of allylic oxidation sites excluding steroid dienone is 2. The van der Waals surface area contributed by atoms with E-state index in [1.54, 1.807) is 0 Å². The number of carbonyl (C=O) groups is 2. The standard InChI is InChI=1S/C9H10O3/c10-7-5-9(3-1-2-4-9)6-8(11)12-7/h1,3H,2,4-6H2. The lowest BCUT2D eigenvalue weighted by Crippen LogP contribution is -2.32. The molecule has 0 saturated carbocycles. The van der Waals surface area contributed by atoms with Gasteiger partial charge < -0.3 is 4.74 Å². The fourth-order valence-corrected chi connectivity index (χ4v) is 1.92. The molecule has 3 nitrogen and oxygen atoms in total. The van der Waals surface area contributed by atoms with E-state index in [-0.39, 0.29) is 17.4 Å². The zero-order valence-electron chi connectivity index (χ0n) is 6.71. The van der Waals surface area contributed by atoms with Crippen LogP contribution in [0.5, 0.6) is 0 Å². The normalized spacial score (nSPS) is 26.3. The SMILES string of the molecule is O=C1CC2(C=CCC2)CC(=O)O1. The monoisotopic (exact) mass is 166 g/mol. The maximum Gasteiger partial charge on any atom is 0.314 e. The number of rotatable bonds is 0. The highest BCUT2D eigenvalue weighted by molar-refractivity contribution is 5.89. The Balaban J connectivity index is 2.21. The molecule has 12 heavy (non-hydrogen) atoms.